The molecule has 0 aliphatic heterocycles. The zero-order valence-corrected chi connectivity index (χ0v) is 21.2. The lowest BCUT2D eigenvalue weighted by Crippen LogP contribution is -2.51. The number of hydrogen-bond donors (Lipinski definition) is 1. The molecule has 1 N–H and O–H groups in total. The van der Waals surface area contributed by atoms with Gasteiger partial charge in [0, 0.05) is 13.5 Å². The van der Waals surface area contributed by atoms with Crippen LogP contribution in [0.15, 0.2) is 0 Å². The molecule has 8 nitrogen and oxygen atoms in total. The van der Waals surface area contributed by atoms with Crippen LogP contribution >= 0.6 is 0 Å². The molecule has 2 amide bonds. The van der Waals surface area contributed by atoms with E-state index in [0.717, 1.165) is 24.3 Å². The second-order valence-electron chi connectivity index (χ2n) is 9.19. The van der Waals surface area contributed by atoms with Crippen LogP contribution in [0.2, 0.25) is 0 Å². The van der Waals surface area contributed by atoms with Crippen molar-refractivity contribution in [3.05, 3.63) is 0 Å². The first kappa shape index (κ1) is 30.2. The summed E-state index contributed by atoms with van der Waals surface area (Å²) in [6.07, 6.45) is 12.8. The molecule has 0 aliphatic carbocycles. The van der Waals surface area contributed by atoms with E-state index < -0.39 is 23.6 Å². The number of ether oxygens (including phenoxy) is 2. The SMILES string of the molecule is CCCCCCCCCCCCCC(=O)OCC(NC(=O)OC(C)(C)C)C(=O)N(C)OC. The van der Waals surface area contributed by atoms with Crippen molar-refractivity contribution < 1.29 is 28.7 Å². The Kier molecular flexibility index (Phi) is 16.7. The number of unbranched alkanes of at least 4 members (excludes halogenated alkanes) is 10. The predicted octanol–water partition coefficient (Wildman–Crippen LogP) is 5.14. The molecule has 32 heavy (non-hydrogen) atoms. The second-order valence-corrected chi connectivity index (χ2v) is 9.19. The summed E-state index contributed by atoms with van der Waals surface area (Å²) in [4.78, 5) is 41.4. The van der Waals surface area contributed by atoms with E-state index in [9.17, 15) is 14.4 Å². The largest absolute Gasteiger partial charge is 0.463 e. The van der Waals surface area contributed by atoms with Gasteiger partial charge in [0.15, 0.2) is 0 Å². The van der Waals surface area contributed by atoms with Crippen LogP contribution in [0.25, 0.3) is 0 Å². The van der Waals surface area contributed by atoms with Crippen molar-refractivity contribution in [3.63, 3.8) is 0 Å². The van der Waals surface area contributed by atoms with E-state index in [1.54, 1.807) is 20.8 Å². The Morgan fingerprint density at radius 2 is 1.38 bits per heavy atom. The van der Waals surface area contributed by atoms with Gasteiger partial charge in [-0.15, -0.1) is 0 Å². The summed E-state index contributed by atoms with van der Waals surface area (Å²) in [6, 6.07) is -1.09. The Hall–Kier alpha value is -1.83. The zero-order chi connectivity index (χ0) is 24.4. The Bertz CT molecular complexity index is 533. The summed E-state index contributed by atoms with van der Waals surface area (Å²) >= 11 is 0. The molecule has 0 radical (unpaired) electrons. The average Bonchev–Trinajstić information content (AvgIpc) is 2.72. The van der Waals surface area contributed by atoms with Gasteiger partial charge in [-0.2, -0.15) is 0 Å². The molecule has 0 aromatic heterocycles. The molecule has 0 aliphatic rings. The Balaban J connectivity index is 4.15. The van der Waals surface area contributed by atoms with E-state index in [-0.39, 0.29) is 12.6 Å². The van der Waals surface area contributed by atoms with Crippen molar-refractivity contribution in [2.45, 2.75) is 116 Å². The number of hydroxylamine groups is 2. The Morgan fingerprint density at radius 3 is 1.84 bits per heavy atom. The maximum atomic E-state index is 12.4. The van der Waals surface area contributed by atoms with Crippen LogP contribution in [0.5, 0.6) is 0 Å². The van der Waals surface area contributed by atoms with Gasteiger partial charge < -0.3 is 14.8 Å². The highest BCUT2D eigenvalue weighted by atomic mass is 16.7. The van der Waals surface area contributed by atoms with Crippen LogP contribution in [0, 0.1) is 0 Å². The minimum absolute atomic E-state index is 0.275. The van der Waals surface area contributed by atoms with Gasteiger partial charge in [-0.3, -0.25) is 14.4 Å². The monoisotopic (exact) mass is 458 g/mol. The fourth-order valence-corrected chi connectivity index (χ4v) is 3.12. The Morgan fingerprint density at radius 1 is 0.875 bits per heavy atom. The number of alkyl carbamates (subject to hydrolysis) is 1. The summed E-state index contributed by atoms with van der Waals surface area (Å²) in [5.41, 5.74) is -0.712. The van der Waals surface area contributed by atoms with Gasteiger partial charge in [0.05, 0.1) is 7.11 Å². The highest BCUT2D eigenvalue weighted by Crippen LogP contribution is 2.12. The van der Waals surface area contributed by atoms with Gasteiger partial charge in [-0.1, -0.05) is 71.1 Å². The minimum Gasteiger partial charge on any atom is -0.463 e. The van der Waals surface area contributed by atoms with Crippen LogP contribution in [0.3, 0.4) is 0 Å². The van der Waals surface area contributed by atoms with Crippen molar-refractivity contribution in [1.29, 1.82) is 0 Å². The normalized spacial score (nSPS) is 12.2. The van der Waals surface area contributed by atoms with E-state index in [0.29, 0.717) is 6.42 Å². The van der Waals surface area contributed by atoms with Crippen LogP contribution in [0.4, 0.5) is 4.79 Å². The molecule has 0 rings (SSSR count). The quantitative estimate of drug-likeness (QED) is 0.184. The zero-order valence-electron chi connectivity index (χ0n) is 21.2. The minimum atomic E-state index is -1.09. The summed E-state index contributed by atoms with van der Waals surface area (Å²) < 4.78 is 10.4. The topological polar surface area (TPSA) is 94.2 Å². The number of amides is 2. The van der Waals surface area contributed by atoms with Gasteiger partial charge in [-0.25, -0.2) is 9.86 Å². The van der Waals surface area contributed by atoms with E-state index in [1.165, 1.54) is 65.5 Å². The number of likely N-dealkylation sites (N-methyl/N-ethyl adjacent to an activating group) is 1. The smallest absolute Gasteiger partial charge is 0.408 e. The fourth-order valence-electron chi connectivity index (χ4n) is 3.12. The van der Waals surface area contributed by atoms with Crippen molar-refractivity contribution in [1.82, 2.24) is 10.4 Å². The van der Waals surface area contributed by atoms with E-state index in [1.807, 2.05) is 0 Å². The third kappa shape index (κ3) is 16.8. The third-order valence-electron chi connectivity index (χ3n) is 4.97. The summed E-state index contributed by atoms with van der Waals surface area (Å²) in [7, 11) is 2.75. The molecule has 0 saturated carbocycles. The van der Waals surface area contributed by atoms with E-state index in [2.05, 4.69) is 12.2 Å². The number of esters is 1. The Labute approximate surface area is 194 Å². The first-order valence-electron chi connectivity index (χ1n) is 12.1. The lowest BCUT2D eigenvalue weighted by atomic mass is 10.1. The molecule has 0 aromatic rings. The number of rotatable bonds is 17. The molecule has 0 heterocycles. The van der Waals surface area contributed by atoms with Crippen LogP contribution < -0.4 is 5.32 Å². The van der Waals surface area contributed by atoms with Crippen molar-refractivity contribution in [3.8, 4) is 0 Å². The molecular formula is C24H46N2O6. The lowest BCUT2D eigenvalue weighted by Gasteiger charge is -2.25. The molecule has 0 bridgehead atoms. The third-order valence-corrected chi connectivity index (χ3v) is 4.97. The lowest BCUT2D eigenvalue weighted by molar-refractivity contribution is -0.173. The molecule has 0 spiro atoms. The highest BCUT2D eigenvalue weighted by Gasteiger charge is 2.28. The first-order valence-corrected chi connectivity index (χ1v) is 12.1. The molecule has 1 unspecified atom stereocenters. The standard InChI is InChI=1S/C24H46N2O6/c1-7-8-9-10-11-12-13-14-15-16-17-18-21(27)31-19-20(22(28)26(5)30-6)25-23(29)32-24(2,3)4/h20H,7-19H2,1-6H3,(H,25,29). The molecule has 8 heteroatoms. The fraction of sp³-hybridized carbons (Fsp3) is 0.875. The number of hydrogen-bond acceptors (Lipinski definition) is 6. The van der Waals surface area contributed by atoms with Crippen LogP contribution in [-0.2, 0) is 23.9 Å². The number of nitrogens with zero attached hydrogens (tertiary/aromatic N) is 1. The number of carbonyl (C=O) groups is 3. The number of carbonyl (C=O) groups excluding carboxylic acids is 3. The summed E-state index contributed by atoms with van der Waals surface area (Å²) in [5.74, 6) is -0.925. The van der Waals surface area contributed by atoms with E-state index >= 15 is 0 Å². The second kappa shape index (κ2) is 17.7. The van der Waals surface area contributed by atoms with Crippen LogP contribution in [-0.4, -0.2) is 55.4 Å². The molecule has 0 saturated heterocycles. The summed E-state index contributed by atoms with van der Waals surface area (Å²) in [6.45, 7) is 7.12. The average molecular weight is 459 g/mol. The molecular weight excluding hydrogens is 412 g/mol. The summed E-state index contributed by atoms with van der Waals surface area (Å²) in [5, 5.41) is 3.42. The van der Waals surface area contributed by atoms with Gasteiger partial charge in [0.1, 0.15) is 18.2 Å². The molecule has 1 atom stereocenters. The van der Waals surface area contributed by atoms with Crippen molar-refractivity contribution >= 4 is 18.0 Å². The first-order chi connectivity index (χ1) is 15.1. The van der Waals surface area contributed by atoms with Gasteiger partial charge in [0.25, 0.3) is 5.91 Å². The van der Waals surface area contributed by atoms with Gasteiger partial charge in [-0.05, 0) is 27.2 Å². The van der Waals surface area contributed by atoms with Gasteiger partial charge in [0.2, 0.25) is 0 Å². The predicted molar refractivity (Wildman–Crippen MR) is 125 cm³/mol. The van der Waals surface area contributed by atoms with Crippen molar-refractivity contribution in [2.75, 3.05) is 20.8 Å². The highest BCUT2D eigenvalue weighted by molar-refractivity contribution is 5.85. The maximum absolute atomic E-state index is 12.4. The van der Waals surface area contributed by atoms with Gasteiger partial charge >= 0.3 is 12.1 Å². The maximum Gasteiger partial charge on any atom is 0.408 e. The molecule has 0 aromatic carbocycles. The molecule has 188 valence electrons. The van der Waals surface area contributed by atoms with E-state index in [4.69, 9.17) is 14.3 Å². The molecule has 0 fully saturated rings. The van der Waals surface area contributed by atoms with Crippen molar-refractivity contribution in [2.24, 2.45) is 0 Å². The number of nitrogens with one attached hydrogen (secondary N) is 1. The van der Waals surface area contributed by atoms with Crippen LogP contribution in [0.1, 0.15) is 105 Å².